The van der Waals surface area contributed by atoms with Crippen molar-refractivity contribution in [2.75, 3.05) is 38.5 Å². The summed E-state index contributed by atoms with van der Waals surface area (Å²) in [5.41, 5.74) is 0. The molecular formula is C16H27N3O3S2. The molecule has 0 unspecified atom stereocenters. The minimum absolute atomic E-state index is 0.121. The highest BCUT2D eigenvalue weighted by molar-refractivity contribution is 8.06. The van der Waals surface area contributed by atoms with Crippen LogP contribution >= 0.6 is 11.8 Å². The van der Waals surface area contributed by atoms with Gasteiger partial charge in [-0.25, -0.2) is 8.42 Å². The lowest BCUT2D eigenvalue weighted by Crippen LogP contribution is -2.49. The number of allylic oxidation sites excluding steroid dienone is 3. The SMILES string of the molecule is C=C/C=C(\NC(C)=O)S/C(=C\C)CN1CCN(S(=O)(=O)CC)CC1. The Morgan fingerprint density at radius 3 is 2.38 bits per heavy atom. The van der Waals surface area contributed by atoms with E-state index in [2.05, 4.69) is 16.8 Å². The summed E-state index contributed by atoms with van der Waals surface area (Å²) in [4.78, 5) is 14.6. The van der Waals surface area contributed by atoms with E-state index in [1.165, 1.54) is 18.7 Å². The Hall–Kier alpha value is -1.09. The van der Waals surface area contributed by atoms with Crippen molar-refractivity contribution in [2.24, 2.45) is 0 Å². The van der Waals surface area contributed by atoms with E-state index in [4.69, 9.17) is 0 Å². The summed E-state index contributed by atoms with van der Waals surface area (Å²) in [6, 6.07) is 0. The molecule has 1 heterocycles. The predicted octanol–water partition coefficient (Wildman–Crippen LogP) is 1.75. The molecule has 1 amide bonds. The maximum Gasteiger partial charge on any atom is 0.221 e. The fourth-order valence-corrected chi connectivity index (χ4v) is 4.37. The van der Waals surface area contributed by atoms with E-state index in [0.29, 0.717) is 26.2 Å². The number of nitrogens with one attached hydrogen (secondary N) is 1. The number of sulfonamides is 1. The molecule has 0 bridgehead atoms. The third-order valence-electron chi connectivity index (χ3n) is 3.60. The van der Waals surface area contributed by atoms with Gasteiger partial charge in [0, 0.05) is 44.6 Å². The van der Waals surface area contributed by atoms with Crippen molar-refractivity contribution < 1.29 is 13.2 Å². The van der Waals surface area contributed by atoms with Gasteiger partial charge in [-0.2, -0.15) is 4.31 Å². The van der Waals surface area contributed by atoms with Crippen molar-refractivity contribution in [3.05, 3.63) is 34.7 Å². The van der Waals surface area contributed by atoms with E-state index in [0.717, 1.165) is 16.5 Å². The number of piperazine rings is 1. The smallest absolute Gasteiger partial charge is 0.221 e. The Kier molecular flexibility index (Phi) is 8.75. The molecule has 1 N–H and O–H groups in total. The van der Waals surface area contributed by atoms with Gasteiger partial charge in [-0.1, -0.05) is 30.5 Å². The quantitative estimate of drug-likeness (QED) is 0.657. The standard InChI is InChI=1S/C16H27N3O3S2/c1-5-8-16(17-14(4)20)23-15(6-2)13-18-9-11-19(12-10-18)24(21,22)7-3/h5-6,8H,1,7,9-13H2,2-4H3,(H,17,20)/b15-6-,16-8+. The molecule has 24 heavy (non-hydrogen) atoms. The van der Waals surface area contributed by atoms with Gasteiger partial charge in [-0.15, -0.1) is 0 Å². The molecule has 0 aliphatic carbocycles. The molecule has 1 rings (SSSR count). The number of hydrogen-bond donors (Lipinski definition) is 1. The van der Waals surface area contributed by atoms with Crippen LogP contribution in [0.25, 0.3) is 0 Å². The summed E-state index contributed by atoms with van der Waals surface area (Å²) in [5, 5.41) is 3.52. The molecule has 0 aromatic heterocycles. The first-order valence-electron chi connectivity index (χ1n) is 7.96. The zero-order chi connectivity index (χ0) is 18.2. The molecule has 1 saturated heterocycles. The Morgan fingerprint density at radius 2 is 1.92 bits per heavy atom. The minimum Gasteiger partial charge on any atom is -0.321 e. The molecule has 1 aliphatic heterocycles. The molecule has 6 nitrogen and oxygen atoms in total. The highest BCUT2D eigenvalue weighted by atomic mass is 32.2. The van der Waals surface area contributed by atoms with Crippen LogP contribution < -0.4 is 5.32 Å². The largest absolute Gasteiger partial charge is 0.321 e. The maximum absolute atomic E-state index is 11.9. The molecule has 0 spiro atoms. The molecule has 0 atom stereocenters. The van der Waals surface area contributed by atoms with Gasteiger partial charge >= 0.3 is 0 Å². The number of rotatable bonds is 8. The Balaban J connectivity index is 2.60. The monoisotopic (exact) mass is 373 g/mol. The zero-order valence-corrected chi connectivity index (χ0v) is 16.3. The van der Waals surface area contributed by atoms with Crippen LogP contribution in [-0.2, 0) is 14.8 Å². The summed E-state index contributed by atoms with van der Waals surface area (Å²) in [7, 11) is -3.10. The lowest BCUT2D eigenvalue weighted by atomic mass is 10.3. The van der Waals surface area contributed by atoms with Crippen molar-refractivity contribution >= 4 is 27.7 Å². The number of thioether (sulfide) groups is 1. The van der Waals surface area contributed by atoms with E-state index in [-0.39, 0.29) is 11.7 Å². The minimum atomic E-state index is -3.10. The van der Waals surface area contributed by atoms with Crippen LogP contribution in [0, 0.1) is 0 Å². The second kappa shape index (κ2) is 10.0. The van der Waals surface area contributed by atoms with Crippen LogP contribution in [-0.4, -0.2) is 62.0 Å². The van der Waals surface area contributed by atoms with Crippen LogP contribution in [0.1, 0.15) is 20.8 Å². The van der Waals surface area contributed by atoms with E-state index in [9.17, 15) is 13.2 Å². The molecule has 0 radical (unpaired) electrons. The first-order chi connectivity index (χ1) is 11.3. The number of carbonyl (C=O) groups is 1. The first kappa shape index (κ1) is 21.0. The van der Waals surface area contributed by atoms with Crippen LogP contribution in [0.5, 0.6) is 0 Å². The fourth-order valence-electron chi connectivity index (χ4n) is 2.27. The van der Waals surface area contributed by atoms with Crippen molar-refractivity contribution in [1.82, 2.24) is 14.5 Å². The van der Waals surface area contributed by atoms with E-state index < -0.39 is 10.0 Å². The number of amides is 1. The highest BCUT2D eigenvalue weighted by Gasteiger charge is 2.25. The lowest BCUT2D eigenvalue weighted by Gasteiger charge is -2.34. The summed E-state index contributed by atoms with van der Waals surface area (Å²) < 4.78 is 25.4. The summed E-state index contributed by atoms with van der Waals surface area (Å²) >= 11 is 1.49. The van der Waals surface area contributed by atoms with E-state index in [1.54, 1.807) is 23.4 Å². The molecular weight excluding hydrogens is 346 g/mol. The topological polar surface area (TPSA) is 69.7 Å². The Labute approximate surface area is 149 Å². The maximum atomic E-state index is 11.9. The fraction of sp³-hybridized carbons (Fsp3) is 0.562. The zero-order valence-electron chi connectivity index (χ0n) is 14.6. The van der Waals surface area contributed by atoms with Gasteiger partial charge in [0.15, 0.2) is 0 Å². The summed E-state index contributed by atoms with van der Waals surface area (Å²) in [6.45, 7) is 12.0. The van der Waals surface area contributed by atoms with Crippen molar-refractivity contribution in [3.63, 3.8) is 0 Å². The van der Waals surface area contributed by atoms with Crippen LogP contribution in [0.2, 0.25) is 0 Å². The van der Waals surface area contributed by atoms with Gasteiger partial charge in [0.2, 0.25) is 15.9 Å². The van der Waals surface area contributed by atoms with Gasteiger partial charge in [0.05, 0.1) is 10.8 Å². The number of carbonyl (C=O) groups excluding carboxylic acids is 1. The van der Waals surface area contributed by atoms with E-state index in [1.807, 2.05) is 13.0 Å². The van der Waals surface area contributed by atoms with E-state index >= 15 is 0 Å². The van der Waals surface area contributed by atoms with Crippen molar-refractivity contribution in [1.29, 1.82) is 0 Å². The van der Waals surface area contributed by atoms with Crippen LogP contribution in [0.4, 0.5) is 0 Å². The normalized spacial score (nSPS) is 18.5. The average Bonchev–Trinajstić information content (AvgIpc) is 2.54. The summed E-state index contributed by atoms with van der Waals surface area (Å²) in [6.07, 6.45) is 5.42. The molecule has 1 fully saturated rings. The van der Waals surface area contributed by atoms with Gasteiger partial charge in [-0.05, 0) is 19.9 Å². The Bertz CT molecular complexity index is 604. The average molecular weight is 374 g/mol. The molecule has 0 aromatic carbocycles. The molecule has 1 aliphatic rings. The predicted molar refractivity (Wildman–Crippen MR) is 101 cm³/mol. The third kappa shape index (κ3) is 6.80. The molecule has 8 heteroatoms. The van der Waals surface area contributed by atoms with Crippen molar-refractivity contribution in [2.45, 2.75) is 20.8 Å². The van der Waals surface area contributed by atoms with Gasteiger partial charge in [0.1, 0.15) is 0 Å². The molecule has 0 saturated carbocycles. The lowest BCUT2D eigenvalue weighted by molar-refractivity contribution is -0.118. The third-order valence-corrected chi connectivity index (χ3v) is 6.57. The number of nitrogens with zero attached hydrogens (tertiary/aromatic N) is 2. The van der Waals surface area contributed by atoms with Gasteiger partial charge in [0.25, 0.3) is 0 Å². The number of hydrogen-bond acceptors (Lipinski definition) is 5. The van der Waals surface area contributed by atoms with Crippen LogP contribution in [0.15, 0.2) is 34.7 Å². The Morgan fingerprint density at radius 1 is 1.29 bits per heavy atom. The highest BCUT2D eigenvalue weighted by Crippen LogP contribution is 2.25. The van der Waals surface area contributed by atoms with Gasteiger partial charge in [-0.3, -0.25) is 9.69 Å². The first-order valence-corrected chi connectivity index (χ1v) is 10.4. The molecule has 136 valence electrons. The second-order valence-electron chi connectivity index (χ2n) is 5.38. The summed E-state index contributed by atoms with van der Waals surface area (Å²) in [5.74, 6) is 0.0273. The van der Waals surface area contributed by atoms with Gasteiger partial charge < -0.3 is 5.32 Å². The van der Waals surface area contributed by atoms with Crippen LogP contribution in [0.3, 0.4) is 0 Å². The molecule has 0 aromatic rings. The van der Waals surface area contributed by atoms with Crippen molar-refractivity contribution in [3.8, 4) is 0 Å². The second-order valence-corrected chi connectivity index (χ2v) is 8.81.